The Kier molecular flexibility index (Phi) is 2.88. The normalized spacial score (nSPS) is 16.5. The molecule has 0 saturated carbocycles. The summed E-state index contributed by atoms with van der Waals surface area (Å²) in [6.07, 6.45) is 4.20. The minimum atomic E-state index is 0.323. The molecule has 96 valence electrons. The van der Waals surface area contributed by atoms with Crippen molar-refractivity contribution < 1.29 is 9.47 Å². The average molecular weight is 247 g/mol. The lowest BCUT2D eigenvalue weighted by molar-refractivity contribution is 0.174. The van der Waals surface area contributed by atoms with E-state index < -0.39 is 0 Å². The van der Waals surface area contributed by atoms with Crippen molar-refractivity contribution in [2.75, 3.05) is 38.9 Å². The van der Waals surface area contributed by atoms with E-state index in [1.165, 1.54) is 0 Å². The second-order valence-corrected chi connectivity index (χ2v) is 4.50. The van der Waals surface area contributed by atoms with Crippen molar-refractivity contribution in [3.05, 3.63) is 30.6 Å². The van der Waals surface area contributed by atoms with Crippen molar-refractivity contribution in [2.45, 2.75) is 0 Å². The van der Waals surface area contributed by atoms with Crippen LogP contribution in [-0.4, -0.2) is 43.4 Å². The van der Waals surface area contributed by atoms with Crippen molar-refractivity contribution in [3.63, 3.8) is 0 Å². The Morgan fingerprint density at radius 1 is 1.22 bits per heavy atom. The predicted molar refractivity (Wildman–Crippen MR) is 69.5 cm³/mol. The Morgan fingerprint density at radius 2 is 2.11 bits per heavy atom. The summed E-state index contributed by atoms with van der Waals surface area (Å²) < 4.78 is 10.6. The maximum Gasteiger partial charge on any atom is 0.231 e. The van der Waals surface area contributed by atoms with Crippen molar-refractivity contribution in [1.82, 2.24) is 9.80 Å². The van der Waals surface area contributed by atoms with Crippen LogP contribution in [0.5, 0.6) is 11.5 Å². The molecule has 2 heterocycles. The van der Waals surface area contributed by atoms with Gasteiger partial charge in [-0.3, -0.25) is 0 Å². The van der Waals surface area contributed by atoms with Gasteiger partial charge in [-0.1, -0.05) is 0 Å². The second kappa shape index (κ2) is 4.68. The van der Waals surface area contributed by atoms with Crippen molar-refractivity contribution >= 4 is 5.69 Å². The van der Waals surface area contributed by atoms with Crippen LogP contribution >= 0.6 is 0 Å². The standard InChI is InChI=1S/C13H17N3O2/c1-15-6-7-16(9-15)5-4-14-11-2-3-12-13(8-11)18-10-17-12/h2-3,6-8,14H,4-5,9-10H2,1H3. The van der Waals surface area contributed by atoms with E-state index in [-0.39, 0.29) is 0 Å². The highest BCUT2D eigenvalue weighted by Crippen LogP contribution is 2.34. The Balaban J connectivity index is 1.50. The lowest BCUT2D eigenvalue weighted by Crippen LogP contribution is -2.27. The molecule has 0 spiro atoms. The molecule has 0 atom stereocenters. The van der Waals surface area contributed by atoms with Gasteiger partial charge in [0.25, 0.3) is 0 Å². The first-order chi connectivity index (χ1) is 8.81. The molecular weight excluding hydrogens is 230 g/mol. The van der Waals surface area contributed by atoms with Crippen molar-refractivity contribution in [2.24, 2.45) is 0 Å². The average Bonchev–Trinajstić information content (AvgIpc) is 2.97. The van der Waals surface area contributed by atoms with Crippen LogP contribution in [0.25, 0.3) is 0 Å². The third-order valence-electron chi connectivity index (χ3n) is 3.04. The number of fused-ring (bicyclic) bond motifs is 1. The monoisotopic (exact) mass is 247 g/mol. The van der Waals surface area contributed by atoms with E-state index in [1.807, 2.05) is 18.2 Å². The molecule has 18 heavy (non-hydrogen) atoms. The summed E-state index contributed by atoms with van der Waals surface area (Å²) in [4.78, 5) is 4.42. The van der Waals surface area contributed by atoms with E-state index in [2.05, 4.69) is 34.6 Å². The molecule has 2 aliphatic rings. The van der Waals surface area contributed by atoms with Crippen LogP contribution in [0.1, 0.15) is 0 Å². The molecule has 0 saturated heterocycles. The van der Waals surface area contributed by atoms with E-state index in [0.29, 0.717) is 6.79 Å². The van der Waals surface area contributed by atoms with Gasteiger partial charge in [0, 0.05) is 44.3 Å². The molecule has 3 rings (SSSR count). The second-order valence-electron chi connectivity index (χ2n) is 4.50. The number of anilines is 1. The fraction of sp³-hybridized carbons (Fsp3) is 0.385. The SMILES string of the molecule is CN1C=CN(CCNc2ccc3c(c2)OCO3)C1. The van der Waals surface area contributed by atoms with Crippen LogP contribution in [0.4, 0.5) is 5.69 Å². The lowest BCUT2D eigenvalue weighted by atomic mass is 10.3. The number of nitrogens with one attached hydrogen (secondary N) is 1. The van der Waals surface area contributed by atoms with Gasteiger partial charge in [0.15, 0.2) is 11.5 Å². The van der Waals surface area contributed by atoms with Gasteiger partial charge in [0.1, 0.15) is 0 Å². The summed E-state index contributed by atoms with van der Waals surface area (Å²) in [5.74, 6) is 1.64. The number of rotatable bonds is 4. The smallest absolute Gasteiger partial charge is 0.231 e. The Morgan fingerprint density at radius 3 is 2.94 bits per heavy atom. The number of nitrogens with zero attached hydrogens (tertiary/aromatic N) is 2. The fourth-order valence-electron chi connectivity index (χ4n) is 2.08. The third-order valence-corrected chi connectivity index (χ3v) is 3.04. The Hall–Kier alpha value is -2.04. The maximum absolute atomic E-state index is 5.34. The predicted octanol–water partition coefficient (Wildman–Crippen LogP) is 1.50. The van der Waals surface area contributed by atoms with Crippen LogP contribution in [0.3, 0.4) is 0 Å². The maximum atomic E-state index is 5.34. The van der Waals surface area contributed by atoms with Gasteiger partial charge in [0.2, 0.25) is 6.79 Å². The lowest BCUT2D eigenvalue weighted by Gasteiger charge is -2.18. The molecule has 0 aromatic heterocycles. The molecule has 5 heteroatoms. The van der Waals surface area contributed by atoms with E-state index >= 15 is 0 Å². The third kappa shape index (κ3) is 2.30. The molecular formula is C13H17N3O2. The first-order valence-corrected chi connectivity index (χ1v) is 6.07. The highest BCUT2D eigenvalue weighted by Gasteiger charge is 2.13. The molecule has 0 amide bonds. The summed E-state index contributed by atoms with van der Waals surface area (Å²) in [6.45, 7) is 3.17. The molecule has 0 fully saturated rings. The van der Waals surface area contributed by atoms with E-state index in [1.54, 1.807) is 0 Å². The van der Waals surface area contributed by atoms with Gasteiger partial charge in [-0.05, 0) is 12.1 Å². The molecule has 2 aliphatic heterocycles. The van der Waals surface area contributed by atoms with E-state index in [9.17, 15) is 0 Å². The van der Waals surface area contributed by atoms with Gasteiger partial charge in [-0.2, -0.15) is 0 Å². The molecule has 1 N–H and O–H groups in total. The van der Waals surface area contributed by atoms with E-state index in [0.717, 1.165) is 36.9 Å². The minimum Gasteiger partial charge on any atom is -0.454 e. The van der Waals surface area contributed by atoms with Crippen molar-refractivity contribution in [1.29, 1.82) is 0 Å². The fourth-order valence-corrected chi connectivity index (χ4v) is 2.08. The molecule has 1 aromatic rings. The summed E-state index contributed by atoms with van der Waals surface area (Å²) in [5.41, 5.74) is 1.07. The number of ether oxygens (including phenoxy) is 2. The highest BCUT2D eigenvalue weighted by molar-refractivity contribution is 5.55. The van der Waals surface area contributed by atoms with Crippen LogP contribution in [0.15, 0.2) is 30.6 Å². The zero-order valence-corrected chi connectivity index (χ0v) is 10.4. The molecule has 0 unspecified atom stereocenters. The number of benzene rings is 1. The summed E-state index contributed by atoms with van der Waals surface area (Å²) in [6, 6.07) is 5.93. The molecule has 0 bridgehead atoms. The van der Waals surface area contributed by atoms with Gasteiger partial charge in [-0.15, -0.1) is 0 Å². The topological polar surface area (TPSA) is 37.0 Å². The van der Waals surface area contributed by atoms with Crippen molar-refractivity contribution in [3.8, 4) is 11.5 Å². The quantitative estimate of drug-likeness (QED) is 0.872. The van der Waals surface area contributed by atoms with Crippen LogP contribution in [0.2, 0.25) is 0 Å². The Labute approximate surface area is 107 Å². The van der Waals surface area contributed by atoms with Gasteiger partial charge >= 0.3 is 0 Å². The minimum absolute atomic E-state index is 0.323. The van der Waals surface area contributed by atoms with Gasteiger partial charge in [-0.25, -0.2) is 0 Å². The zero-order valence-electron chi connectivity index (χ0n) is 10.4. The van der Waals surface area contributed by atoms with Crippen LogP contribution < -0.4 is 14.8 Å². The zero-order chi connectivity index (χ0) is 12.4. The first-order valence-electron chi connectivity index (χ1n) is 6.07. The summed E-state index contributed by atoms with van der Waals surface area (Å²) >= 11 is 0. The number of hydrogen-bond acceptors (Lipinski definition) is 5. The van der Waals surface area contributed by atoms with Gasteiger partial charge in [0.05, 0.1) is 6.67 Å². The number of hydrogen-bond donors (Lipinski definition) is 1. The summed E-state index contributed by atoms with van der Waals surface area (Å²) in [5, 5.41) is 3.39. The summed E-state index contributed by atoms with van der Waals surface area (Å²) in [7, 11) is 2.07. The molecule has 0 radical (unpaired) electrons. The van der Waals surface area contributed by atoms with Crippen LogP contribution in [0, 0.1) is 0 Å². The van der Waals surface area contributed by atoms with E-state index in [4.69, 9.17) is 9.47 Å². The Bertz CT molecular complexity index is 462. The largest absolute Gasteiger partial charge is 0.454 e. The molecule has 5 nitrogen and oxygen atoms in total. The van der Waals surface area contributed by atoms with Crippen LogP contribution in [-0.2, 0) is 0 Å². The molecule has 1 aromatic carbocycles. The van der Waals surface area contributed by atoms with Gasteiger partial charge < -0.3 is 24.6 Å². The first kappa shape index (κ1) is 11.1. The highest BCUT2D eigenvalue weighted by atomic mass is 16.7. The molecule has 0 aliphatic carbocycles.